The Morgan fingerprint density at radius 1 is 0.607 bits per heavy atom. The predicted molar refractivity (Wildman–Crippen MR) is 240 cm³/mol. The summed E-state index contributed by atoms with van der Waals surface area (Å²) in [7, 11) is -2.59. The quantitative estimate of drug-likeness (QED) is 0.163. The summed E-state index contributed by atoms with van der Waals surface area (Å²) < 4.78 is 22.0. The molecule has 2 aliphatic rings. The Bertz CT molecular complexity index is 2350. The van der Waals surface area contributed by atoms with Crippen LogP contribution in [-0.4, -0.2) is 6.10 Å². The van der Waals surface area contributed by atoms with Crippen molar-refractivity contribution >= 4 is 48.7 Å². The van der Waals surface area contributed by atoms with Crippen LogP contribution in [0.5, 0.6) is 0 Å². The first-order valence-corrected chi connectivity index (χ1v) is 23.1. The third-order valence-electron chi connectivity index (χ3n) is 12.7. The largest absolute Gasteiger partial charge is 0.399 e. The van der Waals surface area contributed by atoms with Crippen molar-refractivity contribution in [2.45, 2.75) is 122 Å². The zero-order valence-electron chi connectivity index (χ0n) is 35.3. The summed E-state index contributed by atoms with van der Waals surface area (Å²) in [4.78, 5) is 0. The van der Waals surface area contributed by atoms with E-state index in [0.717, 1.165) is 34.8 Å². The maximum atomic E-state index is 7.47. The Morgan fingerprint density at radius 2 is 1.11 bits per heavy atom. The predicted octanol–water partition coefficient (Wildman–Crippen LogP) is 14.2. The van der Waals surface area contributed by atoms with E-state index in [-0.39, 0.29) is 39.3 Å². The highest BCUT2D eigenvalue weighted by molar-refractivity contribution is 7.73. The van der Waals surface area contributed by atoms with Crippen molar-refractivity contribution in [2.24, 2.45) is 11.8 Å². The Kier molecular flexibility index (Phi) is 10.0. The van der Waals surface area contributed by atoms with Gasteiger partial charge in [-0.3, -0.25) is 4.52 Å². The maximum Gasteiger partial charge on any atom is 0.387 e. The van der Waals surface area contributed by atoms with E-state index in [0.29, 0.717) is 5.92 Å². The van der Waals surface area contributed by atoms with Crippen LogP contribution in [0.15, 0.2) is 124 Å². The summed E-state index contributed by atoms with van der Waals surface area (Å²) >= 11 is 0. The lowest BCUT2D eigenvalue weighted by atomic mass is 9.70. The van der Waals surface area contributed by atoms with Crippen LogP contribution in [0.25, 0.3) is 21.9 Å². The van der Waals surface area contributed by atoms with E-state index >= 15 is 0 Å². The molecule has 1 aromatic heterocycles. The van der Waals surface area contributed by atoms with Crippen molar-refractivity contribution in [1.82, 2.24) is 0 Å². The van der Waals surface area contributed by atoms with Gasteiger partial charge in [0.2, 0.25) is 0 Å². The first-order chi connectivity index (χ1) is 26.4. The molecule has 5 unspecified atom stereocenters. The molecule has 1 saturated carbocycles. The van der Waals surface area contributed by atoms with Gasteiger partial charge in [0.05, 0.1) is 6.10 Å². The first kappa shape index (κ1) is 39.2. The molecule has 2 heterocycles. The van der Waals surface area contributed by atoms with E-state index in [2.05, 4.69) is 191 Å². The highest BCUT2D eigenvalue weighted by atomic mass is 31.1. The highest BCUT2D eigenvalue weighted by Crippen LogP contribution is 2.62. The normalized spacial score (nSPS) is 20.6. The summed E-state index contributed by atoms with van der Waals surface area (Å²) in [5, 5.41) is 5.05. The summed E-state index contributed by atoms with van der Waals surface area (Å²) in [5.41, 5.74) is 8.08. The van der Waals surface area contributed by atoms with Crippen LogP contribution < -0.4 is 15.1 Å². The van der Waals surface area contributed by atoms with Crippen LogP contribution in [-0.2, 0) is 21.7 Å². The molecule has 56 heavy (non-hydrogen) atoms. The number of benzene rings is 5. The summed E-state index contributed by atoms with van der Waals surface area (Å²) in [6, 6.07) is 43.4. The van der Waals surface area contributed by atoms with Gasteiger partial charge in [-0.25, -0.2) is 0 Å². The fraction of sp³-hybridized carbons (Fsp3) is 0.412. The lowest BCUT2D eigenvalue weighted by molar-refractivity contribution is 0.201. The maximum absolute atomic E-state index is 7.47. The van der Waals surface area contributed by atoms with Crippen LogP contribution in [0.4, 0.5) is 0 Å². The molecule has 0 radical (unpaired) electrons. The monoisotopic (exact) mass is 782 g/mol. The zero-order valence-corrected chi connectivity index (χ0v) is 37.1. The van der Waals surface area contributed by atoms with Gasteiger partial charge in [0.25, 0.3) is 0 Å². The lowest BCUT2D eigenvalue weighted by Crippen LogP contribution is -2.30. The summed E-state index contributed by atoms with van der Waals surface area (Å²) in [6.45, 7) is 25.8. The molecule has 5 aromatic carbocycles. The molecule has 1 fully saturated rings. The molecule has 0 amide bonds. The second-order valence-electron chi connectivity index (χ2n) is 20.1. The van der Waals surface area contributed by atoms with E-state index in [4.69, 9.17) is 12.9 Å². The van der Waals surface area contributed by atoms with E-state index in [1.54, 1.807) is 0 Å². The van der Waals surface area contributed by atoms with E-state index in [1.165, 1.54) is 38.4 Å². The van der Waals surface area contributed by atoms with Gasteiger partial charge in [0, 0.05) is 27.6 Å². The standard InChI is InChI=1S/C51H60O3P2/c1-48(2,3)34-27-39-40-28-35(49(4,5)6)31-43-46(40)54-56(53-45(39)42(30-34)50(7,8)9)52-44-32-36(51(43,10)11)29-41(44)47(33-21-15-12-16-22-33)55(37-23-17-13-18-24-37)38-25-19-14-20-26-38/h12-28,30-31,36,41,44,47H,29,32H2,1-11H3. The Morgan fingerprint density at radius 3 is 1.64 bits per heavy atom. The van der Waals surface area contributed by atoms with Gasteiger partial charge in [-0.15, -0.1) is 0 Å². The molecule has 0 spiro atoms. The Hall–Kier alpha value is -3.61. The van der Waals surface area contributed by atoms with E-state index in [9.17, 15) is 0 Å². The molecule has 1 aliphatic carbocycles. The summed E-state index contributed by atoms with van der Waals surface area (Å²) in [6.07, 6.45) is 1.96. The second kappa shape index (κ2) is 14.3. The van der Waals surface area contributed by atoms with Gasteiger partial charge < -0.3 is 8.39 Å². The fourth-order valence-corrected chi connectivity index (χ4v) is 13.6. The topological polar surface area (TPSA) is 35.5 Å². The second-order valence-corrected chi connectivity index (χ2v) is 23.4. The minimum atomic E-state index is -1.79. The highest BCUT2D eigenvalue weighted by Gasteiger charge is 2.50. The smallest absolute Gasteiger partial charge is 0.387 e. The Labute approximate surface area is 337 Å². The van der Waals surface area contributed by atoms with Crippen molar-refractivity contribution in [3.05, 3.63) is 143 Å². The van der Waals surface area contributed by atoms with E-state index < -0.39 is 16.2 Å². The van der Waals surface area contributed by atoms with Gasteiger partial charge >= 0.3 is 8.24 Å². The lowest BCUT2D eigenvalue weighted by Gasteiger charge is -2.37. The molecule has 292 valence electrons. The number of fused-ring (bicyclic) bond motifs is 5. The third-order valence-corrected chi connectivity index (χ3v) is 16.8. The zero-order chi connectivity index (χ0) is 39.8. The van der Waals surface area contributed by atoms with Gasteiger partial charge in [0.1, 0.15) is 11.2 Å². The van der Waals surface area contributed by atoms with Crippen molar-refractivity contribution in [3.63, 3.8) is 0 Å². The van der Waals surface area contributed by atoms with Crippen LogP contribution in [0.3, 0.4) is 0 Å². The minimum absolute atomic E-state index is 0.0482. The van der Waals surface area contributed by atoms with Crippen LogP contribution >= 0.6 is 16.2 Å². The Balaban J connectivity index is 1.43. The third kappa shape index (κ3) is 7.23. The minimum Gasteiger partial charge on any atom is -0.399 e. The van der Waals surface area contributed by atoms with Gasteiger partial charge in [-0.2, -0.15) is 0 Å². The van der Waals surface area contributed by atoms with Crippen molar-refractivity contribution in [3.8, 4) is 0 Å². The summed E-state index contributed by atoms with van der Waals surface area (Å²) in [5.74, 6) is 0.611. The number of hydrogen-bond acceptors (Lipinski definition) is 3. The van der Waals surface area contributed by atoms with Crippen molar-refractivity contribution in [2.75, 3.05) is 0 Å². The van der Waals surface area contributed by atoms with E-state index in [1.807, 2.05) is 0 Å². The van der Waals surface area contributed by atoms with Crippen molar-refractivity contribution in [1.29, 1.82) is 0 Å². The van der Waals surface area contributed by atoms with Crippen molar-refractivity contribution < 1.29 is 12.9 Å². The van der Waals surface area contributed by atoms with Crippen LogP contribution in [0.1, 0.15) is 122 Å². The van der Waals surface area contributed by atoms with Gasteiger partial charge in [-0.1, -0.05) is 179 Å². The molecular formula is C51H60O3P2. The molecule has 1 aliphatic heterocycles. The van der Waals surface area contributed by atoms with Crippen LogP contribution in [0.2, 0.25) is 0 Å². The fourth-order valence-electron chi connectivity index (χ4n) is 9.26. The molecule has 5 atom stereocenters. The molecule has 6 aromatic rings. The molecule has 0 saturated heterocycles. The number of hydrogen-bond donors (Lipinski definition) is 0. The average molecular weight is 783 g/mol. The molecule has 5 heteroatoms. The number of rotatable bonds is 5. The SMILES string of the molecule is CC(C)(C)c1cc(C(C)(C)C)c2op3oc4c(cc(C(C)(C)C)cc4c2c1)C(C)(C)C1CC(O3)C(C(c2ccccc2)P(c2ccccc2)c2ccccc2)C1. The van der Waals surface area contributed by atoms with Gasteiger partial charge in [0.15, 0.2) is 0 Å². The molecule has 4 bridgehead atoms. The molecule has 3 nitrogen and oxygen atoms in total. The molecule has 0 N–H and O–H groups in total. The van der Waals surface area contributed by atoms with Crippen LogP contribution in [0, 0.1) is 11.8 Å². The molecular weight excluding hydrogens is 723 g/mol. The van der Waals surface area contributed by atoms with Gasteiger partial charge in [-0.05, 0) is 93.7 Å². The average Bonchev–Trinajstić information content (AvgIpc) is 3.51. The first-order valence-electron chi connectivity index (χ1n) is 20.6. The molecule has 8 rings (SSSR count).